The number of pyridine rings is 1. The number of aromatic amines is 1. The summed E-state index contributed by atoms with van der Waals surface area (Å²) in [7, 11) is 0. The third-order valence-corrected chi connectivity index (χ3v) is 2.96. The molecule has 0 aliphatic carbocycles. The molecule has 2 aromatic heterocycles. The van der Waals surface area contributed by atoms with E-state index in [0.29, 0.717) is 4.77 Å². The summed E-state index contributed by atoms with van der Waals surface area (Å²) >= 11 is 5.10. The minimum atomic E-state index is 0.498. The van der Waals surface area contributed by atoms with Crippen molar-refractivity contribution >= 4 is 23.1 Å². The topological polar surface area (TPSA) is 41.6 Å². The van der Waals surface area contributed by atoms with Gasteiger partial charge in [-0.1, -0.05) is 18.2 Å². The lowest BCUT2D eigenvalue weighted by atomic mass is 10.1. The van der Waals surface area contributed by atoms with Crippen LogP contribution in [0.4, 0.5) is 0 Å². The summed E-state index contributed by atoms with van der Waals surface area (Å²) in [5.41, 5.74) is 3.82. The minimum absolute atomic E-state index is 0.498. The zero-order valence-electron chi connectivity index (χ0n) is 9.84. The maximum atomic E-state index is 5.10. The number of benzene rings is 1. The fourth-order valence-corrected chi connectivity index (χ4v) is 2.20. The first kappa shape index (κ1) is 11.0. The minimum Gasteiger partial charge on any atom is -0.335 e. The predicted molar refractivity (Wildman–Crippen MR) is 74.9 cm³/mol. The first-order valence-corrected chi connectivity index (χ1v) is 6.06. The van der Waals surface area contributed by atoms with Crippen LogP contribution in [0.2, 0.25) is 0 Å². The molecule has 0 amide bonds. The van der Waals surface area contributed by atoms with Crippen LogP contribution in [0, 0.1) is 11.7 Å². The molecule has 4 heteroatoms. The molecule has 2 heterocycles. The summed E-state index contributed by atoms with van der Waals surface area (Å²) in [5, 5.41) is 1.10. The number of rotatable bonds is 1. The SMILES string of the molecule is Cc1cc(-c2cnc3ccccc3c2)nc(=S)[nH]1. The number of nitrogens with zero attached hydrogens (tertiary/aromatic N) is 2. The highest BCUT2D eigenvalue weighted by Crippen LogP contribution is 2.21. The Morgan fingerprint density at radius 3 is 2.83 bits per heavy atom. The molecule has 1 aromatic carbocycles. The van der Waals surface area contributed by atoms with E-state index in [0.717, 1.165) is 27.9 Å². The van der Waals surface area contributed by atoms with Gasteiger partial charge in [-0.25, -0.2) is 4.98 Å². The Labute approximate surface area is 110 Å². The Morgan fingerprint density at radius 2 is 2.00 bits per heavy atom. The van der Waals surface area contributed by atoms with Crippen LogP contribution >= 0.6 is 12.2 Å². The molecule has 0 radical (unpaired) electrons. The number of nitrogens with one attached hydrogen (secondary N) is 1. The molecule has 3 rings (SSSR count). The molecule has 0 saturated carbocycles. The fraction of sp³-hybridized carbons (Fsp3) is 0.0714. The van der Waals surface area contributed by atoms with Gasteiger partial charge in [-0.2, -0.15) is 0 Å². The van der Waals surface area contributed by atoms with Crippen LogP contribution in [0.25, 0.3) is 22.2 Å². The van der Waals surface area contributed by atoms with Gasteiger partial charge in [-0.05, 0) is 37.3 Å². The molecule has 3 aromatic rings. The van der Waals surface area contributed by atoms with Crippen molar-refractivity contribution < 1.29 is 0 Å². The van der Waals surface area contributed by atoms with Crippen molar-refractivity contribution in [3.05, 3.63) is 53.1 Å². The number of hydrogen-bond acceptors (Lipinski definition) is 3. The Bertz CT molecular complexity index is 777. The van der Waals surface area contributed by atoms with Crippen molar-refractivity contribution in [2.75, 3.05) is 0 Å². The van der Waals surface area contributed by atoms with Crippen LogP contribution in [0.1, 0.15) is 5.69 Å². The van der Waals surface area contributed by atoms with Gasteiger partial charge in [0.25, 0.3) is 0 Å². The van der Waals surface area contributed by atoms with Gasteiger partial charge < -0.3 is 4.98 Å². The zero-order chi connectivity index (χ0) is 12.5. The van der Waals surface area contributed by atoms with E-state index in [1.54, 1.807) is 0 Å². The van der Waals surface area contributed by atoms with E-state index in [-0.39, 0.29) is 0 Å². The third-order valence-electron chi connectivity index (χ3n) is 2.77. The molecule has 18 heavy (non-hydrogen) atoms. The van der Waals surface area contributed by atoms with Gasteiger partial charge >= 0.3 is 0 Å². The second-order valence-electron chi connectivity index (χ2n) is 4.17. The summed E-state index contributed by atoms with van der Waals surface area (Å²) in [6.45, 7) is 1.97. The van der Waals surface area contributed by atoms with Crippen molar-refractivity contribution in [1.82, 2.24) is 15.0 Å². The Balaban J connectivity index is 2.22. The molecule has 0 fully saturated rings. The smallest absolute Gasteiger partial charge is 0.197 e. The molecular formula is C14H11N3S. The van der Waals surface area contributed by atoms with Gasteiger partial charge in [-0.3, -0.25) is 4.98 Å². The lowest BCUT2D eigenvalue weighted by Crippen LogP contribution is -1.91. The van der Waals surface area contributed by atoms with Crippen LogP contribution in [0.3, 0.4) is 0 Å². The molecule has 0 spiro atoms. The predicted octanol–water partition coefficient (Wildman–Crippen LogP) is 3.66. The second kappa shape index (κ2) is 4.31. The van der Waals surface area contributed by atoms with E-state index in [4.69, 9.17) is 12.2 Å². The molecule has 0 atom stereocenters. The molecular weight excluding hydrogens is 242 g/mol. The first-order chi connectivity index (χ1) is 8.72. The third kappa shape index (κ3) is 2.02. The van der Waals surface area contributed by atoms with E-state index < -0.39 is 0 Å². The van der Waals surface area contributed by atoms with Crippen LogP contribution in [0.15, 0.2) is 42.6 Å². The van der Waals surface area contributed by atoms with Crippen LogP contribution in [-0.2, 0) is 0 Å². The average Bonchev–Trinajstić information content (AvgIpc) is 2.37. The normalized spacial score (nSPS) is 10.7. The second-order valence-corrected chi connectivity index (χ2v) is 4.56. The largest absolute Gasteiger partial charge is 0.335 e. The summed E-state index contributed by atoms with van der Waals surface area (Å²) < 4.78 is 0.498. The molecule has 1 N–H and O–H groups in total. The molecule has 0 unspecified atom stereocenters. The number of H-pyrrole nitrogens is 1. The van der Waals surface area contributed by atoms with E-state index in [1.165, 1.54) is 0 Å². The van der Waals surface area contributed by atoms with Gasteiger partial charge in [-0.15, -0.1) is 0 Å². The molecule has 3 nitrogen and oxygen atoms in total. The molecule has 88 valence electrons. The van der Waals surface area contributed by atoms with Crippen molar-refractivity contribution in [3.63, 3.8) is 0 Å². The number of para-hydroxylation sites is 1. The maximum Gasteiger partial charge on any atom is 0.197 e. The standard InChI is InChI=1S/C14H11N3S/c1-9-6-13(17-14(18)16-9)11-7-10-4-2-3-5-12(10)15-8-11/h2-8H,1H3,(H,16,17,18). The highest BCUT2D eigenvalue weighted by molar-refractivity contribution is 7.71. The fourth-order valence-electron chi connectivity index (χ4n) is 1.94. The van der Waals surface area contributed by atoms with E-state index >= 15 is 0 Å². The first-order valence-electron chi connectivity index (χ1n) is 5.65. The van der Waals surface area contributed by atoms with Gasteiger partial charge in [0.2, 0.25) is 0 Å². The Morgan fingerprint density at radius 1 is 1.17 bits per heavy atom. The average molecular weight is 253 g/mol. The molecule has 0 bridgehead atoms. The highest BCUT2D eigenvalue weighted by Gasteiger charge is 2.02. The Hall–Kier alpha value is -2.07. The summed E-state index contributed by atoms with van der Waals surface area (Å²) in [5.74, 6) is 0. The molecule has 0 saturated heterocycles. The summed E-state index contributed by atoms with van der Waals surface area (Å²) in [6.07, 6.45) is 1.83. The van der Waals surface area contributed by atoms with Gasteiger partial charge in [0.15, 0.2) is 4.77 Å². The highest BCUT2D eigenvalue weighted by atomic mass is 32.1. The van der Waals surface area contributed by atoms with Crippen LogP contribution in [-0.4, -0.2) is 15.0 Å². The van der Waals surface area contributed by atoms with E-state index in [9.17, 15) is 0 Å². The van der Waals surface area contributed by atoms with Gasteiger partial charge in [0.05, 0.1) is 11.2 Å². The van der Waals surface area contributed by atoms with Gasteiger partial charge in [0.1, 0.15) is 0 Å². The summed E-state index contributed by atoms with van der Waals surface area (Å²) in [4.78, 5) is 11.8. The Kier molecular flexibility index (Phi) is 2.64. The van der Waals surface area contributed by atoms with Crippen molar-refractivity contribution in [1.29, 1.82) is 0 Å². The number of aromatic nitrogens is 3. The molecule has 0 aliphatic heterocycles. The maximum absolute atomic E-state index is 5.10. The zero-order valence-corrected chi connectivity index (χ0v) is 10.7. The number of aryl methyl sites for hydroxylation is 1. The van der Waals surface area contributed by atoms with Crippen LogP contribution < -0.4 is 0 Å². The number of fused-ring (bicyclic) bond motifs is 1. The van der Waals surface area contributed by atoms with Crippen molar-refractivity contribution in [2.24, 2.45) is 0 Å². The van der Waals surface area contributed by atoms with E-state index in [1.807, 2.05) is 43.5 Å². The van der Waals surface area contributed by atoms with Crippen molar-refractivity contribution in [2.45, 2.75) is 6.92 Å². The number of hydrogen-bond donors (Lipinski definition) is 1. The van der Waals surface area contributed by atoms with E-state index in [2.05, 4.69) is 21.0 Å². The van der Waals surface area contributed by atoms with Crippen molar-refractivity contribution in [3.8, 4) is 11.3 Å². The lowest BCUT2D eigenvalue weighted by Gasteiger charge is -2.03. The molecule has 0 aliphatic rings. The quantitative estimate of drug-likeness (QED) is 0.673. The van der Waals surface area contributed by atoms with Crippen LogP contribution in [0.5, 0.6) is 0 Å². The monoisotopic (exact) mass is 253 g/mol. The summed E-state index contributed by atoms with van der Waals surface area (Å²) in [6, 6.07) is 12.1. The van der Waals surface area contributed by atoms with Gasteiger partial charge in [0, 0.05) is 22.8 Å². The lowest BCUT2D eigenvalue weighted by molar-refractivity contribution is 1.08.